The minimum atomic E-state index is 0.696. The number of aromatic nitrogens is 1. The fourth-order valence-corrected chi connectivity index (χ4v) is 2.91. The summed E-state index contributed by atoms with van der Waals surface area (Å²) in [4.78, 5) is 8.28. The van der Waals surface area contributed by atoms with Crippen LogP contribution in [0.1, 0.15) is 23.2 Å². The third-order valence-electron chi connectivity index (χ3n) is 2.97. The molecule has 1 aromatic heterocycles. The van der Waals surface area contributed by atoms with Crippen LogP contribution in [0.5, 0.6) is 0 Å². The van der Waals surface area contributed by atoms with Crippen LogP contribution in [0.2, 0.25) is 0 Å². The first-order chi connectivity index (χ1) is 7.29. The van der Waals surface area contributed by atoms with E-state index in [1.165, 1.54) is 16.3 Å². The molecule has 4 heteroatoms. The lowest BCUT2D eigenvalue weighted by Crippen LogP contribution is -2.50. The number of hydrogen-bond acceptors (Lipinski definition) is 4. The second-order valence-electron chi connectivity index (χ2n) is 4.08. The number of thiazole rings is 1. The van der Waals surface area contributed by atoms with Gasteiger partial charge in [0.1, 0.15) is 0 Å². The molecule has 1 aliphatic heterocycles. The molecule has 0 amide bonds. The number of hydrogen-bond donors (Lipinski definition) is 1. The number of nitrogens with zero attached hydrogens (tertiary/aromatic N) is 2. The smallest absolute Gasteiger partial charge is 0.0897 e. The predicted octanol–water partition coefficient (Wildman–Crippen LogP) is 1.64. The zero-order valence-electron chi connectivity index (χ0n) is 9.49. The molecule has 2 rings (SSSR count). The van der Waals surface area contributed by atoms with Crippen LogP contribution in [0.3, 0.4) is 0 Å². The van der Waals surface area contributed by atoms with Crippen LogP contribution in [0.4, 0.5) is 0 Å². The summed E-state index contributed by atoms with van der Waals surface area (Å²) in [6.07, 6.45) is 3.25. The number of rotatable bonds is 3. The van der Waals surface area contributed by atoms with Gasteiger partial charge in [-0.3, -0.25) is 4.90 Å². The second kappa shape index (κ2) is 5.05. The van der Waals surface area contributed by atoms with Gasteiger partial charge in [-0.2, -0.15) is 0 Å². The summed E-state index contributed by atoms with van der Waals surface area (Å²) in [5.41, 5.74) is 0. The van der Waals surface area contributed by atoms with E-state index >= 15 is 0 Å². The molecule has 1 aliphatic rings. The molecular weight excluding hydrogens is 206 g/mol. The Kier molecular flexibility index (Phi) is 3.72. The lowest BCUT2D eigenvalue weighted by atomic mass is 10.1. The van der Waals surface area contributed by atoms with Crippen molar-refractivity contribution in [3.05, 3.63) is 16.1 Å². The van der Waals surface area contributed by atoms with Crippen LogP contribution >= 0.6 is 11.3 Å². The average Bonchev–Trinajstić information content (AvgIpc) is 2.65. The van der Waals surface area contributed by atoms with E-state index in [0.717, 1.165) is 26.2 Å². The molecule has 0 spiro atoms. The molecule has 1 unspecified atom stereocenters. The Morgan fingerprint density at radius 1 is 1.67 bits per heavy atom. The number of nitrogens with one attached hydrogen (secondary N) is 1. The third kappa shape index (κ3) is 2.77. The Labute approximate surface area is 95.5 Å². The quantitative estimate of drug-likeness (QED) is 0.847. The summed E-state index contributed by atoms with van der Waals surface area (Å²) in [5.74, 6) is 0. The summed E-state index contributed by atoms with van der Waals surface area (Å²) in [7, 11) is 0. The molecule has 1 fully saturated rings. The van der Waals surface area contributed by atoms with Crippen LogP contribution in [0.25, 0.3) is 0 Å². The van der Waals surface area contributed by atoms with Gasteiger partial charge in [0.2, 0.25) is 0 Å². The van der Waals surface area contributed by atoms with Gasteiger partial charge in [0.15, 0.2) is 0 Å². The van der Waals surface area contributed by atoms with Crippen molar-refractivity contribution in [2.45, 2.75) is 32.9 Å². The van der Waals surface area contributed by atoms with E-state index in [1.807, 2.05) is 17.5 Å². The minimum absolute atomic E-state index is 0.696. The molecule has 0 saturated carbocycles. The fraction of sp³-hybridized carbons (Fsp3) is 0.727. The van der Waals surface area contributed by atoms with E-state index < -0.39 is 0 Å². The first kappa shape index (κ1) is 11.0. The van der Waals surface area contributed by atoms with E-state index in [-0.39, 0.29) is 0 Å². The molecule has 1 saturated heterocycles. The van der Waals surface area contributed by atoms with Crippen LogP contribution in [0.15, 0.2) is 6.20 Å². The van der Waals surface area contributed by atoms with Gasteiger partial charge < -0.3 is 5.32 Å². The molecule has 1 atom stereocenters. The molecule has 1 N–H and O–H groups in total. The maximum Gasteiger partial charge on any atom is 0.0897 e. The SMILES string of the molecule is CCC1CNCCN1Cc1cnc(C)s1. The molecular formula is C11H19N3S. The monoisotopic (exact) mass is 225 g/mol. The van der Waals surface area contributed by atoms with Gasteiger partial charge in [-0.1, -0.05) is 6.92 Å². The largest absolute Gasteiger partial charge is 0.314 e. The van der Waals surface area contributed by atoms with E-state index in [0.29, 0.717) is 6.04 Å². The van der Waals surface area contributed by atoms with Crippen LogP contribution in [-0.4, -0.2) is 35.6 Å². The topological polar surface area (TPSA) is 28.2 Å². The molecule has 2 heterocycles. The number of piperazine rings is 1. The zero-order chi connectivity index (χ0) is 10.7. The normalized spacial score (nSPS) is 23.2. The van der Waals surface area contributed by atoms with Crippen LogP contribution in [0, 0.1) is 6.92 Å². The van der Waals surface area contributed by atoms with Crippen molar-refractivity contribution in [3.8, 4) is 0 Å². The van der Waals surface area contributed by atoms with Crippen molar-refractivity contribution in [1.29, 1.82) is 0 Å². The predicted molar refractivity (Wildman–Crippen MR) is 64.2 cm³/mol. The van der Waals surface area contributed by atoms with Crippen molar-refractivity contribution < 1.29 is 0 Å². The van der Waals surface area contributed by atoms with Gasteiger partial charge in [-0.25, -0.2) is 4.98 Å². The molecule has 1 aromatic rings. The fourth-order valence-electron chi connectivity index (χ4n) is 2.09. The van der Waals surface area contributed by atoms with Crippen molar-refractivity contribution >= 4 is 11.3 Å². The molecule has 3 nitrogen and oxygen atoms in total. The Hall–Kier alpha value is -0.450. The van der Waals surface area contributed by atoms with Crippen molar-refractivity contribution in [1.82, 2.24) is 15.2 Å². The molecule has 0 aromatic carbocycles. The minimum Gasteiger partial charge on any atom is -0.314 e. The molecule has 84 valence electrons. The van der Waals surface area contributed by atoms with Gasteiger partial charge >= 0.3 is 0 Å². The van der Waals surface area contributed by atoms with Gasteiger partial charge in [-0.05, 0) is 13.3 Å². The second-order valence-corrected chi connectivity index (χ2v) is 5.40. The summed E-state index contributed by atoms with van der Waals surface area (Å²) in [6.45, 7) is 8.83. The van der Waals surface area contributed by atoms with Gasteiger partial charge in [0.25, 0.3) is 0 Å². The lowest BCUT2D eigenvalue weighted by Gasteiger charge is -2.35. The van der Waals surface area contributed by atoms with Crippen LogP contribution in [-0.2, 0) is 6.54 Å². The van der Waals surface area contributed by atoms with Crippen molar-refractivity contribution in [2.24, 2.45) is 0 Å². The van der Waals surface area contributed by atoms with E-state index in [4.69, 9.17) is 0 Å². The van der Waals surface area contributed by atoms with Crippen molar-refractivity contribution in [3.63, 3.8) is 0 Å². The molecule has 0 bridgehead atoms. The van der Waals surface area contributed by atoms with E-state index in [9.17, 15) is 0 Å². The van der Waals surface area contributed by atoms with Crippen molar-refractivity contribution in [2.75, 3.05) is 19.6 Å². The van der Waals surface area contributed by atoms with E-state index in [1.54, 1.807) is 0 Å². The molecule has 0 aliphatic carbocycles. The Morgan fingerprint density at radius 3 is 3.20 bits per heavy atom. The Bertz CT molecular complexity index is 311. The third-order valence-corrected chi connectivity index (χ3v) is 3.87. The first-order valence-corrected chi connectivity index (χ1v) is 6.47. The molecule has 0 radical (unpaired) electrons. The standard InChI is InChI=1S/C11H19N3S/c1-3-10-6-12-4-5-14(10)8-11-7-13-9(2)15-11/h7,10,12H,3-6,8H2,1-2H3. The lowest BCUT2D eigenvalue weighted by molar-refractivity contribution is 0.150. The van der Waals surface area contributed by atoms with Gasteiger partial charge in [0, 0.05) is 43.3 Å². The van der Waals surface area contributed by atoms with E-state index in [2.05, 4.69) is 29.0 Å². The van der Waals surface area contributed by atoms with Gasteiger partial charge in [0.05, 0.1) is 5.01 Å². The first-order valence-electron chi connectivity index (χ1n) is 5.65. The van der Waals surface area contributed by atoms with Crippen LogP contribution < -0.4 is 5.32 Å². The average molecular weight is 225 g/mol. The highest BCUT2D eigenvalue weighted by Gasteiger charge is 2.20. The highest BCUT2D eigenvalue weighted by Crippen LogP contribution is 2.17. The summed E-state index contributed by atoms with van der Waals surface area (Å²) < 4.78 is 0. The zero-order valence-corrected chi connectivity index (χ0v) is 10.3. The number of aryl methyl sites for hydroxylation is 1. The highest BCUT2D eigenvalue weighted by molar-refractivity contribution is 7.11. The summed E-state index contributed by atoms with van der Waals surface area (Å²) in [5, 5.41) is 4.63. The summed E-state index contributed by atoms with van der Waals surface area (Å²) in [6, 6.07) is 0.696. The maximum absolute atomic E-state index is 4.31. The maximum atomic E-state index is 4.31. The van der Waals surface area contributed by atoms with Gasteiger partial charge in [-0.15, -0.1) is 11.3 Å². The highest BCUT2D eigenvalue weighted by atomic mass is 32.1. The molecule has 15 heavy (non-hydrogen) atoms. The Balaban J connectivity index is 1.97. The summed E-state index contributed by atoms with van der Waals surface area (Å²) >= 11 is 1.82. The Morgan fingerprint density at radius 2 is 2.53 bits per heavy atom.